The predicted molar refractivity (Wildman–Crippen MR) is 88.4 cm³/mol. The van der Waals surface area contributed by atoms with Crippen LogP contribution in [0.15, 0.2) is 16.9 Å². The summed E-state index contributed by atoms with van der Waals surface area (Å²) in [5.41, 5.74) is -0.828. The Morgan fingerprint density at radius 3 is 2.57 bits per heavy atom. The molecular formula is C15H21BrN4O3. The van der Waals surface area contributed by atoms with Gasteiger partial charge in [0.25, 0.3) is 0 Å². The fourth-order valence-corrected chi connectivity index (χ4v) is 2.98. The van der Waals surface area contributed by atoms with Crippen molar-refractivity contribution in [2.45, 2.75) is 32.0 Å². The molecule has 2 aliphatic rings. The zero-order valence-corrected chi connectivity index (χ0v) is 15.2. The van der Waals surface area contributed by atoms with Crippen molar-refractivity contribution in [3.8, 4) is 0 Å². The van der Waals surface area contributed by atoms with Crippen LogP contribution in [-0.4, -0.2) is 64.9 Å². The molecule has 8 heteroatoms. The number of morpholine rings is 1. The van der Waals surface area contributed by atoms with Crippen LogP contribution in [0.2, 0.25) is 0 Å². The summed E-state index contributed by atoms with van der Waals surface area (Å²) in [7, 11) is 0. The number of hydrogen-bond acceptors (Lipinski definition) is 6. The lowest BCUT2D eigenvalue weighted by Gasteiger charge is -2.53. The van der Waals surface area contributed by atoms with Gasteiger partial charge in [0.1, 0.15) is 11.2 Å². The third kappa shape index (κ3) is 3.74. The van der Waals surface area contributed by atoms with E-state index in [1.807, 2.05) is 25.7 Å². The first-order chi connectivity index (χ1) is 10.8. The molecule has 0 atom stereocenters. The minimum absolute atomic E-state index is 0.279. The van der Waals surface area contributed by atoms with Crippen molar-refractivity contribution in [2.24, 2.45) is 0 Å². The zero-order chi connectivity index (χ0) is 16.7. The molecule has 2 fully saturated rings. The quantitative estimate of drug-likeness (QED) is 0.738. The van der Waals surface area contributed by atoms with Gasteiger partial charge >= 0.3 is 6.09 Å². The van der Waals surface area contributed by atoms with E-state index in [1.165, 1.54) is 0 Å². The molecule has 0 aliphatic carbocycles. The first-order valence-electron chi connectivity index (χ1n) is 7.61. The molecule has 2 aliphatic heterocycles. The highest BCUT2D eigenvalue weighted by Gasteiger charge is 2.49. The monoisotopic (exact) mass is 384 g/mol. The number of nitrogens with zero attached hydrogens (tertiary/aromatic N) is 4. The molecular weight excluding hydrogens is 364 g/mol. The number of ether oxygens (including phenoxy) is 2. The summed E-state index contributed by atoms with van der Waals surface area (Å²) >= 11 is 3.33. The van der Waals surface area contributed by atoms with Gasteiger partial charge in [0.2, 0.25) is 5.95 Å². The Bertz CT molecular complexity index is 581. The number of anilines is 1. The summed E-state index contributed by atoms with van der Waals surface area (Å²) < 4.78 is 12.2. The van der Waals surface area contributed by atoms with E-state index in [9.17, 15) is 4.79 Å². The average Bonchev–Trinajstić information content (AvgIpc) is 2.44. The lowest BCUT2D eigenvalue weighted by atomic mass is 9.92. The predicted octanol–water partition coefficient (Wildman–Crippen LogP) is 2.07. The fraction of sp³-hybridized carbons (Fsp3) is 0.667. The van der Waals surface area contributed by atoms with Crippen LogP contribution in [0, 0.1) is 0 Å². The van der Waals surface area contributed by atoms with E-state index in [2.05, 4.69) is 25.9 Å². The number of carbonyl (C=O) groups excluding carboxylic acids is 1. The molecule has 0 saturated carbocycles. The van der Waals surface area contributed by atoms with Crippen molar-refractivity contribution in [2.75, 3.05) is 37.7 Å². The van der Waals surface area contributed by atoms with Gasteiger partial charge in [-0.15, -0.1) is 0 Å². The topological polar surface area (TPSA) is 67.8 Å². The van der Waals surface area contributed by atoms with E-state index < -0.39 is 5.60 Å². The second-order valence-corrected chi connectivity index (χ2v) is 7.91. The van der Waals surface area contributed by atoms with Gasteiger partial charge in [-0.1, -0.05) is 0 Å². The Hall–Kier alpha value is -1.41. The Morgan fingerprint density at radius 2 is 1.96 bits per heavy atom. The lowest BCUT2D eigenvalue weighted by molar-refractivity contribution is -0.122. The van der Waals surface area contributed by atoms with Crippen LogP contribution in [0.1, 0.15) is 20.8 Å². The third-order valence-electron chi connectivity index (χ3n) is 3.75. The molecule has 2 saturated heterocycles. The maximum atomic E-state index is 12.2. The highest BCUT2D eigenvalue weighted by Crippen LogP contribution is 2.32. The number of halogens is 1. The maximum absolute atomic E-state index is 12.2. The van der Waals surface area contributed by atoms with Gasteiger partial charge < -0.3 is 19.3 Å². The maximum Gasteiger partial charge on any atom is 0.410 e. The number of amides is 1. The van der Waals surface area contributed by atoms with Crippen LogP contribution in [-0.2, 0) is 9.47 Å². The van der Waals surface area contributed by atoms with Crippen molar-refractivity contribution in [1.82, 2.24) is 14.9 Å². The van der Waals surface area contributed by atoms with Gasteiger partial charge in [-0.25, -0.2) is 14.8 Å². The van der Waals surface area contributed by atoms with Gasteiger partial charge in [0.05, 0.1) is 30.7 Å². The average molecular weight is 385 g/mol. The van der Waals surface area contributed by atoms with E-state index in [-0.39, 0.29) is 11.7 Å². The van der Waals surface area contributed by atoms with Crippen molar-refractivity contribution >= 4 is 28.0 Å². The molecule has 0 N–H and O–H groups in total. The largest absolute Gasteiger partial charge is 0.444 e. The van der Waals surface area contributed by atoms with E-state index in [0.29, 0.717) is 38.7 Å². The van der Waals surface area contributed by atoms with E-state index in [1.54, 1.807) is 17.3 Å². The molecule has 1 spiro atoms. The SMILES string of the molecule is CC(C)(C)OC(=O)N1CCOC2(C1)CN(c1ncc(Br)cn1)C2. The number of carbonyl (C=O) groups is 1. The Labute approximate surface area is 144 Å². The summed E-state index contributed by atoms with van der Waals surface area (Å²) in [5, 5.41) is 0. The summed E-state index contributed by atoms with van der Waals surface area (Å²) in [6.07, 6.45) is 3.17. The van der Waals surface area contributed by atoms with Crippen LogP contribution in [0.5, 0.6) is 0 Å². The van der Waals surface area contributed by atoms with E-state index >= 15 is 0 Å². The molecule has 3 heterocycles. The summed E-state index contributed by atoms with van der Waals surface area (Å²) in [6, 6.07) is 0. The van der Waals surface area contributed by atoms with Crippen molar-refractivity contribution in [3.63, 3.8) is 0 Å². The van der Waals surface area contributed by atoms with E-state index in [0.717, 1.165) is 4.47 Å². The molecule has 0 bridgehead atoms. The highest BCUT2D eigenvalue weighted by molar-refractivity contribution is 9.10. The number of hydrogen-bond donors (Lipinski definition) is 0. The number of rotatable bonds is 1. The van der Waals surface area contributed by atoms with Crippen LogP contribution in [0.25, 0.3) is 0 Å². The second kappa shape index (κ2) is 5.90. The van der Waals surface area contributed by atoms with Crippen molar-refractivity contribution in [3.05, 3.63) is 16.9 Å². The molecule has 126 valence electrons. The fourth-order valence-electron chi connectivity index (χ4n) is 2.78. The highest BCUT2D eigenvalue weighted by atomic mass is 79.9. The first kappa shape index (κ1) is 16.4. The normalized spacial score (nSPS) is 20.3. The van der Waals surface area contributed by atoms with Gasteiger partial charge in [-0.2, -0.15) is 0 Å². The molecule has 7 nitrogen and oxygen atoms in total. The molecule has 3 rings (SSSR count). The summed E-state index contributed by atoms with van der Waals surface area (Å²) in [4.78, 5) is 24.6. The minimum atomic E-state index is -0.487. The van der Waals surface area contributed by atoms with Gasteiger partial charge in [-0.05, 0) is 36.7 Å². The molecule has 0 unspecified atom stereocenters. The molecule has 1 aromatic heterocycles. The van der Waals surface area contributed by atoms with E-state index in [4.69, 9.17) is 9.47 Å². The minimum Gasteiger partial charge on any atom is -0.444 e. The van der Waals surface area contributed by atoms with Gasteiger partial charge in [0, 0.05) is 18.9 Å². The Balaban J connectivity index is 1.59. The standard InChI is InChI=1S/C15H21BrN4O3/c1-14(2,3)23-13(21)19-4-5-22-15(8-19)9-20(10-15)12-17-6-11(16)7-18-12/h6-7H,4-5,8-10H2,1-3H3. The van der Waals surface area contributed by atoms with Gasteiger partial charge in [0.15, 0.2) is 0 Å². The molecule has 1 amide bonds. The smallest absolute Gasteiger partial charge is 0.410 e. The van der Waals surface area contributed by atoms with Crippen LogP contribution in [0.4, 0.5) is 10.7 Å². The van der Waals surface area contributed by atoms with Crippen LogP contribution in [0.3, 0.4) is 0 Å². The summed E-state index contributed by atoms with van der Waals surface area (Å²) in [6.45, 7) is 8.59. The van der Waals surface area contributed by atoms with Crippen LogP contribution < -0.4 is 4.90 Å². The Morgan fingerprint density at radius 1 is 1.30 bits per heavy atom. The van der Waals surface area contributed by atoms with Gasteiger partial charge in [-0.3, -0.25) is 0 Å². The molecule has 0 aromatic carbocycles. The molecule has 1 aromatic rings. The number of aromatic nitrogens is 2. The van der Waals surface area contributed by atoms with Crippen molar-refractivity contribution < 1.29 is 14.3 Å². The first-order valence-corrected chi connectivity index (χ1v) is 8.40. The third-order valence-corrected chi connectivity index (χ3v) is 4.16. The second-order valence-electron chi connectivity index (χ2n) is 6.99. The summed E-state index contributed by atoms with van der Waals surface area (Å²) in [5.74, 6) is 0.678. The Kier molecular flexibility index (Phi) is 4.22. The van der Waals surface area contributed by atoms with Crippen molar-refractivity contribution in [1.29, 1.82) is 0 Å². The lowest BCUT2D eigenvalue weighted by Crippen LogP contribution is -2.71. The zero-order valence-electron chi connectivity index (χ0n) is 13.6. The van der Waals surface area contributed by atoms with Crippen LogP contribution >= 0.6 is 15.9 Å². The molecule has 0 radical (unpaired) electrons. The molecule has 23 heavy (non-hydrogen) atoms.